The number of aliphatic imine (C=N–C) groups is 1. The van der Waals surface area contributed by atoms with Gasteiger partial charge in [0.2, 0.25) is 0 Å². The van der Waals surface area contributed by atoms with Crippen molar-refractivity contribution in [2.45, 2.75) is 6.92 Å². The minimum Gasteiger partial charge on any atom is -0.478 e. The third kappa shape index (κ3) is 3.37. The summed E-state index contributed by atoms with van der Waals surface area (Å²) >= 11 is 0. The van der Waals surface area contributed by atoms with Crippen LogP contribution in [0.15, 0.2) is 71.9 Å². The van der Waals surface area contributed by atoms with Crippen LogP contribution in [0, 0.1) is 6.92 Å². The Hall–Kier alpha value is -3.14. The number of nitrogens with zero attached hydrogens (tertiary/aromatic N) is 2. The van der Waals surface area contributed by atoms with Gasteiger partial charge in [-0.2, -0.15) is 0 Å². The number of aryl methyl sites for hydroxylation is 1. The van der Waals surface area contributed by atoms with Crippen LogP contribution in [0.3, 0.4) is 0 Å². The topological polar surface area (TPSA) is 54.6 Å². The highest BCUT2D eigenvalue weighted by atomic mass is 16.4. The molecule has 2 aromatic carbocycles. The van der Waals surface area contributed by atoms with Crippen molar-refractivity contribution < 1.29 is 9.90 Å². The van der Waals surface area contributed by atoms with E-state index in [-0.39, 0.29) is 5.56 Å². The van der Waals surface area contributed by atoms with E-state index < -0.39 is 5.97 Å². The molecule has 114 valence electrons. The number of carbonyl (C=O) groups is 1. The minimum absolute atomic E-state index is 0.274. The van der Waals surface area contributed by atoms with E-state index in [1.54, 1.807) is 30.5 Å². The molecule has 0 radical (unpaired) electrons. The number of carboxylic acid groups (broad SMARTS) is 1. The molecule has 0 bridgehead atoms. The molecule has 0 fully saturated rings. The van der Waals surface area contributed by atoms with E-state index in [9.17, 15) is 4.79 Å². The number of aromatic carboxylic acids is 1. The number of hydrogen-bond acceptors (Lipinski definition) is 2. The van der Waals surface area contributed by atoms with Gasteiger partial charge in [0, 0.05) is 11.9 Å². The molecule has 0 unspecified atom stereocenters. The van der Waals surface area contributed by atoms with Gasteiger partial charge in [-0.15, -0.1) is 0 Å². The molecule has 1 heterocycles. The van der Waals surface area contributed by atoms with E-state index in [4.69, 9.17) is 5.11 Å². The largest absolute Gasteiger partial charge is 0.478 e. The SMILES string of the molecule is Cc1cccc(N=Cc2cccn2-c2ccc(C(=O)O)cc2)c1. The highest BCUT2D eigenvalue weighted by Crippen LogP contribution is 2.16. The van der Waals surface area contributed by atoms with Crippen molar-refractivity contribution in [3.05, 3.63) is 83.7 Å². The Morgan fingerprint density at radius 3 is 2.57 bits per heavy atom. The summed E-state index contributed by atoms with van der Waals surface area (Å²) in [5.74, 6) is -0.926. The van der Waals surface area contributed by atoms with E-state index in [0.717, 1.165) is 17.1 Å². The molecule has 23 heavy (non-hydrogen) atoms. The van der Waals surface area contributed by atoms with Gasteiger partial charge < -0.3 is 9.67 Å². The van der Waals surface area contributed by atoms with Crippen LogP contribution in [0.1, 0.15) is 21.6 Å². The lowest BCUT2D eigenvalue weighted by Crippen LogP contribution is -2.00. The third-order valence-electron chi connectivity index (χ3n) is 3.52. The van der Waals surface area contributed by atoms with Crippen molar-refractivity contribution in [2.24, 2.45) is 4.99 Å². The first-order valence-electron chi connectivity index (χ1n) is 7.25. The second-order valence-electron chi connectivity index (χ2n) is 5.25. The van der Waals surface area contributed by atoms with Crippen LogP contribution in [0.4, 0.5) is 5.69 Å². The Balaban J connectivity index is 1.89. The first kappa shape index (κ1) is 14.8. The van der Waals surface area contributed by atoms with Gasteiger partial charge in [0.1, 0.15) is 0 Å². The normalized spacial score (nSPS) is 11.0. The summed E-state index contributed by atoms with van der Waals surface area (Å²) in [6.45, 7) is 2.03. The fraction of sp³-hybridized carbons (Fsp3) is 0.0526. The van der Waals surface area contributed by atoms with E-state index in [0.29, 0.717) is 0 Å². The van der Waals surface area contributed by atoms with Gasteiger partial charge in [-0.3, -0.25) is 4.99 Å². The zero-order valence-corrected chi connectivity index (χ0v) is 12.7. The molecule has 1 aromatic heterocycles. The Labute approximate surface area is 134 Å². The van der Waals surface area contributed by atoms with Crippen molar-refractivity contribution >= 4 is 17.9 Å². The fourth-order valence-electron chi connectivity index (χ4n) is 2.35. The van der Waals surface area contributed by atoms with Crippen LogP contribution in [-0.4, -0.2) is 21.9 Å². The number of carboxylic acids is 1. The number of rotatable bonds is 4. The van der Waals surface area contributed by atoms with Gasteiger partial charge in [-0.05, 0) is 61.0 Å². The molecule has 3 aromatic rings. The van der Waals surface area contributed by atoms with Crippen LogP contribution in [0.2, 0.25) is 0 Å². The van der Waals surface area contributed by atoms with Crippen molar-refractivity contribution in [1.82, 2.24) is 4.57 Å². The van der Waals surface area contributed by atoms with Gasteiger partial charge in [-0.1, -0.05) is 12.1 Å². The molecule has 1 N–H and O–H groups in total. The first-order valence-corrected chi connectivity index (χ1v) is 7.25. The molecule has 0 aliphatic rings. The Bertz CT molecular complexity index is 861. The zero-order chi connectivity index (χ0) is 16.2. The minimum atomic E-state index is -0.926. The number of aromatic nitrogens is 1. The lowest BCUT2D eigenvalue weighted by atomic mass is 10.2. The molecule has 0 aliphatic heterocycles. The average molecular weight is 304 g/mol. The van der Waals surface area contributed by atoms with Crippen molar-refractivity contribution in [2.75, 3.05) is 0 Å². The van der Waals surface area contributed by atoms with Crippen LogP contribution < -0.4 is 0 Å². The van der Waals surface area contributed by atoms with Gasteiger partial charge in [-0.25, -0.2) is 4.79 Å². The smallest absolute Gasteiger partial charge is 0.335 e. The van der Waals surface area contributed by atoms with Gasteiger partial charge in [0.15, 0.2) is 0 Å². The molecule has 0 saturated carbocycles. The Morgan fingerprint density at radius 2 is 1.87 bits per heavy atom. The molecular weight excluding hydrogens is 288 g/mol. The highest BCUT2D eigenvalue weighted by Gasteiger charge is 2.04. The van der Waals surface area contributed by atoms with Crippen LogP contribution in [0.25, 0.3) is 5.69 Å². The van der Waals surface area contributed by atoms with Crippen LogP contribution in [0.5, 0.6) is 0 Å². The fourth-order valence-corrected chi connectivity index (χ4v) is 2.35. The molecule has 0 aliphatic carbocycles. The number of benzene rings is 2. The van der Waals surface area contributed by atoms with Crippen molar-refractivity contribution in [3.63, 3.8) is 0 Å². The maximum Gasteiger partial charge on any atom is 0.335 e. The first-order chi connectivity index (χ1) is 11.1. The Kier molecular flexibility index (Phi) is 4.06. The molecule has 0 saturated heterocycles. The highest BCUT2D eigenvalue weighted by molar-refractivity contribution is 5.88. The second kappa shape index (κ2) is 6.32. The monoisotopic (exact) mass is 304 g/mol. The van der Waals surface area contributed by atoms with Gasteiger partial charge in [0.25, 0.3) is 0 Å². The number of hydrogen-bond donors (Lipinski definition) is 1. The predicted molar refractivity (Wildman–Crippen MR) is 91.2 cm³/mol. The maximum absolute atomic E-state index is 10.9. The van der Waals surface area contributed by atoms with Gasteiger partial charge in [0.05, 0.1) is 23.2 Å². The molecule has 4 nitrogen and oxygen atoms in total. The summed E-state index contributed by atoms with van der Waals surface area (Å²) in [6.07, 6.45) is 3.73. The van der Waals surface area contributed by atoms with E-state index in [1.165, 1.54) is 5.56 Å². The summed E-state index contributed by atoms with van der Waals surface area (Å²) in [5.41, 5.74) is 4.16. The third-order valence-corrected chi connectivity index (χ3v) is 3.52. The lowest BCUT2D eigenvalue weighted by molar-refractivity contribution is 0.0697. The quantitative estimate of drug-likeness (QED) is 0.733. The van der Waals surface area contributed by atoms with E-state index in [2.05, 4.69) is 4.99 Å². The molecule has 0 atom stereocenters. The van der Waals surface area contributed by atoms with Gasteiger partial charge >= 0.3 is 5.97 Å². The standard InChI is InChI=1S/C19H16N2O2/c1-14-4-2-5-16(12-14)20-13-18-6-3-11-21(18)17-9-7-15(8-10-17)19(22)23/h2-13H,1H3,(H,22,23). The molecule has 3 rings (SSSR count). The maximum atomic E-state index is 10.9. The van der Waals surface area contributed by atoms with Crippen molar-refractivity contribution in [1.29, 1.82) is 0 Å². The summed E-state index contributed by atoms with van der Waals surface area (Å²) in [4.78, 5) is 15.4. The second-order valence-corrected chi connectivity index (χ2v) is 5.25. The van der Waals surface area contributed by atoms with E-state index in [1.807, 2.05) is 54.1 Å². The summed E-state index contributed by atoms with van der Waals surface area (Å²) in [7, 11) is 0. The molecular formula is C19H16N2O2. The van der Waals surface area contributed by atoms with Crippen LogP contribution >= 0.6 is 0 Å². The summed E-state index contributed by atoms with van der Waals surface area (Å²) in [5, 5.41) is 8.97. The Morgan fingerprint density at radius 1 is 1.09 bits per heavy atom. The predicted octanol–water partition coefficient (Wildman–Crippen LogP) is 4.23. The molecule has 0 amide bonds. The lowest BCUT2D eigenvalue weighted by Gasteiger charge is -2.06. The van der Waals surface area contributed by atoms with Crippen LogP contribution in [-0.2, 0) is 0 Å². The average Bonchev–Trinajstić information content (AvgIpc) is 3.01. The molecule has 4 heteroatoms. The zero-order valence-electron chi connectivity index (χ0n) is 12.7. The van der Waals surface area contributed by atoms with Crippen molar-refractivity contribution in [3.8, 4) is 5.69 Å². The van der Waals surface area contributed by atoms with E-state index >= 15 is 0 Å². The summed E-state index contributed by atoms with van der Waals surface area (Å²) in [6, 6.07) is 18.6. The molecule has 0 spiro atoms. The summed E-state index contributed by atoms with van der Waals surface area (Å²) < 4.78 is 1.96.